The Morgan fingerprint density at radius 1 is 1.11 bits per heavy atom. The van der Waals surface area contributed by atoms with E-state index < -0.39 is 10.0 Å². The quantitative estimate of drug-likeness (QED) is 0.849. The van der Waals surface area contributed by atoms with Crippen LogP contribution in [0.1, 0.15) is 39.0 Å². The van der Waals surface area contributed by atoms with E-state index in [-0.39, 0.29) is 6.04 Å². The molecule has 2 unspecified atom stereocenters. The molecule has 106 valence electrons. The third kappa shape index (κ3) is 4.29. The van der Waals surface area contributed by atoms with E-state index in [0.29, 0.717) is 10.8 Å². The van der Waals surface area contributed by atoms with E-state index in [1.165, 1.54) is 6.42 Å². The van der Waals surface area contributed by atoms with Crippen molar-refractivity contribution >= 4 is 26.0 Å². The summed E-state index contributed by atoms with van der Waals surface area (Å²) in [5.41, 5.74) is 0. The maximum Gasteiger partial charge on any atom is 0.240 e. The molecule has 1 saturated carbocycles. The summed E-state index contributed by atoms with van der Waals surface area (Å²) in [4.78, 5) is 0.341. The first-order valence-electron chi connectivity index (χ1n) is 6.75. The third-order valence-corrected chi connectivity index (χ3v) is 5.77. The van der Waals surface area contributed by atoms with Gasteiger partial charge in [-0.3, -0.25) is 0 Å². The van der Waals surface area contributed by atoms with Crippen LogP contribution in [0.25, 0.3) is 0 Å². The van der Waals surface area contributed by atoms with Crippen LogP contribution in [-0.2, 0) is 10.0 Å². The van der Waals surface area contributed by atoms with Crippen LogP contribution in [0.2, 0.25) is 0 Å². The molecular formula is C14H20BrNO2S. The standard InChI is InChI=1S/C14H20BrNO2S/c1-11-3-2-4-13(8-5-11)16-19(17,18)14-9-6-12(15)7-10-14/h6-7,9-11,13,16H,2-5,8H2,1H3. The smallest absolute Gasteiger partial charge is 0.208 e. The average Bonchev–Trinajstić information content (AvgIpc) is 2.54. The van der Waals surface area contributed by atoms with Gasteiger partial charge in [0.25, 0.3) is 0 Å². The van der Waals surface area contributed by atoms with Crippen LogP contribution in [0.3, 0.4) is 0 Å². The fourth-order valence-electron chi connectivity index (χ4n) is 2.51. The van der Waals surface area contributed by atoms with Gasteiger partial charge in [-0.2, -0.15) is 0 Å². The van der Waals surface area contributed by atoms with Gasteiger partial charge in [-0.25, -0.2) is 13.1 Å². The lowest BCUT2D eigenvalue weighted by Gasteiger charge is -2.16. The summed E-state index contributed by atoms with van der Waals surface area (Å²) >= 11 is 3.31. The second-order valence-electron chi connectivity index (χ2n) is 5.39. The van der Waals surface area contributed by atoms with Crippen molar-refractivity contribution in [3.05, 3.63) is 28.7 Å². The molecule has 0 heterocycles. The molecule has 1 fully saturated rings. The highest BCUT2D eigenvalue weighted by molar-refractivity contribution is 9.10. The highest BCUT2D eigenvalue weighted by Crippen LogP contribution is 2.24. The molecule has 0 aliphatic heterocycles. The summed E-state index contributed by atoms with van der Waals surface area (Å²) in [5, 5.41) is 0. The van der Waals surface area contributed by atoms with Gasteiger partial charge in [0.2, 0.25) is 10.0 Å². The third-order valence-electron chi connectivity index (χ3n) is 3.70. The van der Waals surface area contributed by atoms with Gasteiger partial charge < -0.3 is 0 Å². The Morgan fingerprint density at radius 2 is 1.79 bits per heavy atom. The number of halogens is 1. The summed E-state index contributed by atoms with van der Waals surface area (Å²) in [5.74, 6) is 0.710. The van der Waals surface area contributed by atoms with E-state index in [1.807, 2.05) is 0 Å². The minimum atomic E-state index is -3.38. The SMILES string of the molecule is CC1CCCC(NS(=O)(=O)c2ccc(Br)cc2)CC1. The summed E-state index contributed by atoms with van der Waals surface area (Å²) in [6.45, 7) is 2.24. The van der Waals surface area contributed by atoms with Gasteiger partial charge >= 0.3 is 0 Å². The van der Waals surface area contributed by atoms with Gasteiger partial charge in [-0.05, 0) is 49.4 Å². The van der Waals surface area contributed by atoms with Crippen LogP contribution in [0.15, 0.2) is 33.6 Å². The normalized spacial score (nSPS) is 24.9. The van der Waals surface area contributed by atoms with Gasteiger partial charge in [0.15, 0.2) is 0 Å². The first-order chi connectivity index (χ1) is 8.97. The van der Waals surface area contributed by atoms with Crippen LogP contribution in [0.4, 0.5) is 0 Å². The molecule has 1 aliphatic carbocycles. The Kier molecular flexibility index (Phi) is 5.03. The van der Waals surface area contributed by atoms with Crippen LogP contribution < -0.4 is 4.72 Å². The van der Waals surface area contributed by atoms with Crippen molar-refractivity contribution in [1.82, 2.24) is 4.72 Å². The molecule has 0 bridgehead atoms. The highest BCUT2D eigenvalue weighted by Gasteiger charge is 2.22. The van der Waals surface area contributed by atoms with E-state index in [1.54, 1.807) is 24.3 Å². The number of hydrogen-bond acceptors (Lipinski definition) is 2. The molecule has 0 spiro atoms. The lowest BCUT2D eigenvalue weighted by Crippen LogP contribution is -2.34. The lowest BCUT2D eigenvalue weighted by molar-refractivity contribution is 0.484. The fraction of sp³-hybridized carbons (Fsp3) is 0.571. The van der Waals surface area contributed by atoms with Crippen LogP contribution >= 0.6 is 15.9 Å². The molecule has 5 heteroatoms. The second-order valence-corrected chi connectivity index (χ2v) is 8.02. The Hall–Kier alpha value is -0.390. The van der Waals surface area contributed by atoms with Crippen molar-refractivity contribution in [3.8, 4) is 0 Å². The molecule has 1 N–H and O–H groups in total. The maximum atomic E-state index is 12.3. The molecule has 2 atom stereocenters. The molecule has 1 aromatic rings. The lowest BCUT2D eigenvalue weighted by atomic mass is 10.0. The van der Waals surface area contributed by atoms with Gasteiger partial charge in [-0.1, -0.05) is 35.7 Å². The second kappa shape index (κ2) is 6.37. The summed E-state index contributed by atoms with van der Waals surface area (Å²) < 4.78 is 28.3. The first kappa shape index (κ1) is 15.0. The van der Waals surface area contributed by atoms with E-state index in [2.05, 4.69) is 27.6 Å². The monoisotopic (exact) mass is 345 g/mol. The first-order valence-corrected chi connectivity index (χ1v) is 9.03. The van der Waals surface area contributed by atoms with E-state index in [0.717, 1.165) is 30.2 Å². The molecule has 0 aromatic heterocycles. The zero-order chi connectivity index (χ0) is 13.9. The molecule has 0 radical (unpaired) electrons. The fourth-order valence-corrected chi connectivity index (χ4v) is 4.08. The Balaban J connectivity index is 2.06. The molecule has 19 heavy (non-hydrogen) atoms. The zero-order valence-corrected chi connectivity index (χ0v) is 13.5. The minimum absolute atomic E-state index is 0.0820. The van der Waals surface area contributed by atoms with E-state index in [9.17, 15) is 8.42 Å². The molecule has 1 aliphatic rings. The summed E-state index contributed by atoms with van der Waals surface area (Å²) in [7, 11) is -3.38. The van der Waals surface area contributed by atoms with Gasteiger partial charge in [0.05, 0.1) is 4.90 Å². The number of rotatable bonds is 3. The Labute approximate surface area is 124 Å². The largest absolute Gasteiger partial charge is 0.240 e. The number of benzene rings is 1. The van der Waals surface area contributed by atoms with Crippen LogP contribution in [0.5, 0.6) is 0 Å². The van der Waals surface area contributed by atoms with Crippen molar-refractivity contribution in [2.24, 2.45) is 5.92 Å². The summed E-state index contributed by atoms with van der Waals surface area (Å²) in [6, 6.07) is 6.85. The maximum absolute atomic E-state index is 12.3. The van der Waals surface area contributed by atoms with Crippen LogP contribution in [-0.4, -0.2) is 14.5 Å². The van der Waals surface area contributed by atoms with Gasteiger partial charge in [0.1, 0.15) is 0 Å². The molecule has 3 nitrogen and oxygen atoms in total. The van der Waals surface area contributed by atoms with Crippen molar-refractivity contribution in [1.29, 1.82) is 0 Å². The highest BCUT2D eigenvalue weighted by atomic mass is 79.9. The minimum Gasteiger partial charge on any atom is -0.208 e. The molecule has 1 aromatic carbocycles. The van der Waals surface area contributed by atoms with Gasteiger partial charge in [-0.15, -0.1) is 0 Å². The van der Waals surface area contributed by atoms with Crippen molar-refractivity contribution in [2.75, 3.05) is 0 Å². The topological polar surface area (TPSA) is 46.2 Å². The van der Waals surface area contributed by atoms with Crippen LogP contribution in [0, 0.1) is 5.92 Å². The molecular weight excluding hydrogens is 326 g/mol. The van der Waals surface area contributed by atoms with E-state index in [4.69, 9.17) is 0 Å². The molecule has 0 amide bonds. The zero-order valence-electron chi connectivity index (χ0n) is 11.1. The Bertz CT molecular complexity index is 513. The van der Waals surface area contributed by atoms with Crippen molar-refractivity contribution in [3.63, 3.8) is 0 Å². The van der Waals surface area contributed by atoms with Crippen molar-refractivity contribution in [2.45, 2.75) is 50.0 Å². The van der Waals surface area contributed by atoms with Gasteiger partial charge in [0, 0.05) is 10.5 Å². The predicted molar refractivity (Wildman–Crippen MR) is 80.5 cm³/mol. The average molecular weight is 346 g/mol. The van der Waals surface area contributed by atoms with Crippen molar-refractivity contribution < 1.29 is 8.42 Å². The Morgan fingerprint density at radius 3 is 2.47 bits per heavy atom. The number of sulfonamides is 1. The predicted octanol–water partition coefficient (Wildman–Crippen LogP) is 3.70. The number of nitrogens with one attached hydrogen (secondary N) is 1. The number of hydrogen-bond donors (Lipinski definition) is 1. The molecule has 0 saturated heterocycles. The molecule has 2 rings (SSSR count). The summed E-state index contributed by atoms with van der Waals surface area (Å²) in [6.07, 6.45) is 5.30. The van der Waals surface area contributed by atoms with E-state index >= 15 is 0 Å².